The summed E-state index contributed by atoms with van der Waals surface area (Å²) in [6.07, 6.45) is 0.748. The maximum Gasteiger partial charge on any atom is 0.231 e. The van der Waals surface area contributed by atoms with Crippen molar-refractivity contribution in [1.82, 2.24) is 0 Å². The summed E-state index contributed by atoms with van der Waals surface area (Å²) in [5.74, 6) is 1.15. The summed E-state index contributed by atoms with van der Waals surface area (Å²) in [5.41, 5.74) is 0.511. The molecule has 0 aliphatic carbocycles. The SMILES string of the molecule is O=Cc1cc(Br)cc2c1OCO2. The van der Waals surface area contributed by atoms with Crippen molar-refractivity contribution >= 4 is 22.2 Å². The van der Waals surface area contributed by atoms with Crippen molar-refractivity contribution in [1.29, 1.82) is 0 Å². The van der Waals surface area contributed by atoms with E-state index in [2.05, 4.69) is 15.9 Å². The zero-order valence-corrected chi connectivity index (χ0v) is 7.63. The van der Waals surface area contributed by atoms with Gasteiger partial charge in [0.05, 0.1) is 5.56 Å². The molecule has 0 amide bonds. The van der Waals surface area contributed by atoms with Crippen LogP contribution in [0, 0.1) is 0 Å². The predicted octanol–water partition coefficient (Wildman–Crippen LogP) is 1.99. The Morgan fingerprint density at radius 1 is 1.42 bits per heavy atom. The Labute approximate surface area is 77.4 Å². The molecule has 0 radical (unpaired) electrons. The van der Waals surface area contributed by atoms with Crippen molar-refractivity contribution in [3.63, 3.8) is 0 Å². The third kappa shape index (κ3) is 1.08. The van der Waals surface area contributed by atoms with Crippen LogP contribution in [0.1, 0.15) is 10.4 Å². The Morgan fingerprint density at radius 2 is 2.25 bits per heavy atom. The minimum atomic E-state index is 0.187. The van der Waals surface area contributed by atoms with Gasteiger partial charge < -0.3 is 9.47 Å². The molecule has 0 N–H and O–H groups in total. The molecule has 1 heterocycles. The Bertz CT molecular complexity index is 335. The van der Waals surface area contributed by atoms with Crippen LogP contribution in [-0.4, -0.2) is 13.1 Å². The van der Waals surface area contributed by atoms with Crippen molar-refractivity contribution in [2.24, 2.45) is 0 Å². The van der Waals surface area contributed by atoms with Crippen LogP contribution < -0.4 is 9.47 Å². The van der Waals surface area contributed by atoms with Gasteiger partial charge in [-0.25, -0.2) is 0 Å². The standard InChI is InChI=1S/C8H5BrO3/c9-6-1-5(3-10)8-7(2-6)11-4-12-8/h1-3H,4H2. The molecule has 0 saturated carbocycles. The molecular formula is C8H5BrO3. The Balaban J connectivity index is 2.62. The van der Waals surface area contributed by atoms with Gasteiger partial charge >= 0.3 is 0 Å². The van der Waals surface area contributed by atoms with Crippen molar-refractivity contribution in [3.05, 3.63) is 22.2 Å². The normalized spacial score (nSPS) is 13.1. The van der Waals surface area contributed by atoms with Crippen molar-refractivity contribution in [2.45, 2.75) is 0 Å². The van der Waals surface area contributed by atoms with Crippen LogP contribution in [0.5, 0.6) is 11.5 Å². The molecule has 3 nitrogen and oxygen atoms in total. The van der Waals surface area contributed by atoms with E-state index in [9.17, 15) is 4.79 Å². The first-order valence-electron chi connectivity index (χ1n) is 3.35. The lowest BCUT2D eigenvalue weighted by molar-refractivity contribution is 0.111. The average molecular weight is 229 g/mol. The van der Waals surface area contributed by atoms with Gasteiger partial charge in [0.2, 0.25) is 6.79 Å². The molecule has 62 valence electrons. The molecule has 2 rings (SSSR count). The van der Waals surface area contributed by atoms with E-state index in [-0.39, 0.29) is 6.79 Å². The van der Waals surface area contributed by atoms with Crippen LogP contribution in [0.25, 0.3) is 0 Å². The van der Waals surface area contributed by atoms with E-state index in [4.69, 9.17) is 9.47 Å². The minimum absolute atomic E-state index is 0.187. The Hall–Kier alpha value is -1.03. The fourth-order valence-corrected chi connectivity index (χ4v) is 1.54. The average Bonchev–Trinajstić information content (AvgIpc) is 2.50. The van der Waals surface area contributed by atoms with E-state index >= 15 is 0 Å². The van der Waals surface area contributed by atoms with E-state index in [1.807, 2.05) is 0 Å². The molecule has 1 aromatic rings. The second-order valence-electron chi connectivity index (χ2n) is 2.35. The van der Waals surface area contributed by atoms with E-state index < -0.39 is 0 Å². The largest absolute Gasteiger partial charge is 0.454 e. The van der Waals surface area contributed by atoms with Crippen LogP contribution >= 0.6 is 15.9 Å². The highest BCUT2D eigenvalue weighted by Crippen LogP contribution is 2.37. The van der Waals surface area contributed by atoms with Crippen LogP contribution in [0.3, 0.4) is 0 Å². The highest BCUT2D eigenvalue weighted by Gasteiger charge is 2.17. The molecule has 0 fully saturated rings. The first-order valence-corrected chi connectivity index (χ1v) is 4.15. The Kier molecular flexibility index (Phi) is 1.77. The molecule has 0 bridgehead atoms. The first kappa shape index (κ1) is 7.61. The molecule has 0 aromatic heterocycles. The number of hydrogen-bond donors (Lipinski definition) is 0. The number of aldehydes is 1. The van der Waals surface area contributed by atoms with Gasteiger partial charge in [0.1, 0.15) is 0 Å². The van der Waals surface area contributed by atoms with E-state index in [0.717, 1.165) is 10.8 Å². The van der Waals surface area contributed by atoms with E-state index in [1.165, 1.54) is 0 Å². The van der Waals surface area contributed by atoms with Gasteiger partial charge in [0.15, 0.2) is 17.8 Å². The molecule has 1 aromatic carbocycles. The number of carbonyl (C=O) groups is 1. The fraction of sp³-hybridized carbons (Fsp3) is 0.125. The third-order valence-electron chi connectivity index (χ3n) is 1.59. The van der Waals surface area contributed by atoms with Crippen molar-refractivity contribution in [3.8, 4) is 11.5 Å². The number of ether oxygens (including phenoxy) is 2. The van der Waals surface area contributed by atoms with Crippen LogP contribution in [0.2, 0.25) is 0 Å². The molecule has 1 aliphatic rings. The lowest BCUT2D eigenvalue weighted by Crippen LogP contribution is -1.94. The van der Waals surface area contributed by atoms with Crippen LogP contribution in [-0.2, 0) is 0 Å². The highest BCUT2D eigenvalue weighted by molar-refractivity contribution is 9.10. The second-order valence-corrected chi connectivity index (χ2v) is 3.26. The number of halogens is 1. The van der Waals surface area contributed by atoms with Gasteiger partial charge in [-0.1, -0.05) is 15.9 Å². The summed E-state index contributed by atoms with van der Waals surface area (Å²) < 4.78 is 11.0. The number of benzene rings is 1. The molecule has 0 unspecified atom stereocenters. The summed E-state index contributed by atoms with van der Waals surface area (Å²) in [4.78, 5) is 10.6. The third-order valence-corrected chi connectivity index (χ3v) is 2.05. The second kappa shape index (κ2) is 2.79. The van der Waals surface area contributed by atoms with Gasteiger partial charge in [0.25, 0.3) is 0 Å². The van der Waals surface area contributed by atoms with E-state index in [1.54, 1.807) is 12.1 Å². The smallest absolute Gasteiger partial charge is 0.231 e. The first-order chi connectivity index (χ1) is 5.81. The predicted molar refractivity (Wildman–Crippen MR) is 45.7 cm³/mol. The lowest BCUT2D eigenvalue weighted by Gasteiger charge is -1.99. The fourth-order valence-electron chi connectivity index (χ4n) is 1.09. The minimum Gasteiger partial charge on any atom is -0.454 e. The molecule has 12 heavy (non-hydrogen) atoms. The van der Waals surface area contributed by atoms with Crippen molar-refractivity contribution < 1.29 is 14.3 Å². The highest BCUT2D eigenvalue weighted by atomic mass is 79.9. The molecule has 0 spiro atoms. The summed E-state index contributed by atoms with van der Waals surface area (Å²) in [6.45, 7) is 0.187. The van der Waals surface area contributed by atoms with Gasteiger partial charge in [-0.2, -0.15) is 0 Å². The van der Waals surface area contributed by atoms with Crippen molar-refractivity contribution in [2.75, 3.05) is 6.79 Å². The van der Waals surface area contributed by atoms with Crippen LogP contribution in [0.15, 0.2) is 16.6 Å². The maximum absolute atomic E-state index is 10.6. The molecule has 1 aliphatic heterocycles. The number of fused-ring (bicyclic) bond motifs is 1. The topological polar surface area (TPSA) is 35.5 Å². The summed E-state index contributed by atoms with van der Waals surface area (Å²) in [7, 11) is 0. The number of rotatable bonds is 1. The maximum atomic E-state index is 10.6. The molecular weight excluding hydrogens is 224 g/mol. The zero-order chi connectivity index (χ0) is 8.55. The summed E-state index contributed by atoms with van der Waals surface area (Å²) in [6, 6.07) is 3.47. The number of hydrogen-bond acceptors (Lipinski definition) is 3. The summed E-state index contributed by atoms with van der Waals surface area (Å²) in [5, 5.41) is 0. The monoisotopic (exact) mass is 228 g/mol. The lowest BCUT2D eigenvalue weighted by atomic mass is 10.2. The quantitative estimate of drug-likeness (QED) is 0.690. The Morgan fingerprint density at radius 3 is 3.00 bits per heavy atom. The molecule has 4 heteroatoms. The summed E-state index contributed by atoms with van der Waals surface area (Å²) >= 11 is 3.26. The van der Waals surface area contributed by atoms with Gasteiger partial charge in [-0.15, -0.1) is 0 Å². The number of carbonyl (C=O) groups excluding carboxylic acids is 1. The van der Waals surface area contributed by atoms with E-state index in [0.29, 0.717) is 17.1 Å². The van der Waals surface area contributed by atoms with Crippen LogP contribution in [0.4, 0.5) is 0 Å². The van der Waals surface area contributed by atoms with Gasteiger partial charge in [-0.05, 0) is 12.1 Å². The van der Waals surface area contributed by atoms with Gasteiger partial charge in [0, 0.05) is 4.47 Å². The zero-order valence-electron chi connectivity index (χ0n) is 6.04. The molecule has 0 saturated heterocycles. The van der Waals surface area contributed by atoms with Gasteiger partial charge in [-0.3, -0.25) is 4.79 Å². The molecule has 0 atom stereocenters.